The molecule has 1 fully saturated rings. The standard InChI is InChI=1S/C12H16BrNO3S/c1-12(8-17-9-12)7-14-18(15,16)11-4-2-10(6-13)3-5-11/h2-5,14H,6-9H2,1H3. The molecule has 1 N–H and O–H groups in total. The second-order valence-corrected chi connectivity index (χ2v) is 7.23. The Kier molecular flexibility index (Phi) is 4.11. The molecule has 1 saturated heterocycles. The molecule has 100 valence electrons. The number of hydrogen-bond acceptors (Lipinski definition) is 3. The van der Waals surface area contributed by atoms with Crippen LogP contribution in [-0.2, 0) is 20.1 Å². The lowest BCUT2D eigenvalue weighted by Gasteiger charge is -2.37. The molecule has 0 atom stereocenters. The minimum absolute atomic E-state index is 0.0666. The highest BCUT2D eigenvalue weighted by molar-refractivity contribution is 9.08. The van der Waals surface area contributed by atoms with Gasteiger partial charge in [0.2, 0.25) is 10.0 Å². The Morgan fingerprint density at radius 3 is 2.39 bits per heavy atom. The van der Waals surface area contributed by atoms with Crippen LogP contribution in [-0.4, -0.2) is 28.2 Å². The minimum atomic E-state index is -3.42. The molecule has 0 spiro atoms. The summed E-state index contributed by atoms with van der Waals surface area (Å²) in [6.45, 7) is 3.64. The number of halogens is 1. The highest BCUT2D eigenvalue weighted by Crippen LogP contribution is 2.25. The molecule has 4 nitrogen and oxygen atoms in total. The van der Waals surface area contributed by atoms with Gasteiger partial charge in [0.05, 0.1) is 18.1 Å². The lowest BCUT2D eigenvalue weighted by molar-refractivity contribution is -0.0965. The number of benzene rings is 1. The first-order valence-electron chi connectivity index (χ1n) is 5.68. The molecule has 0 bridgehead atoms. The lowest BCUT2D eigenvalue weighted by Crippen LogP contribution is -2.48. The van der Waals surface area contributed by atoms with Crippen LogP contribution in [0.3, 0.4) is 0 Å². The van der Waals surface area contributed by atoms with Crippen molar-refractivity contribution in [3.63, 3.8) is 0 Å². The second kappa shape index (κ2) is 5.28. The van der Waals surface area contributed by atoms with E-state index in [1.807, 2.05) is 6.92 Å². The van der Waals surface area contributed by atoms with Gasteiger partial charge in [-0.3, -0.25) is 0 Å². The minimum Gasteiger partial charge on any atom is -0.380 e. The highest BCUT2D eigenvalue weighted by atomic mass is 79.9. The predicted molar refractivity (Wildman–Crippen MR) is 73.2 cm³/mol. The van der Waals surface area contributed by atoms with Gasteiger partial charge in [-0.2, -0.15) is 0 Å². The summed E-state index contributed by atoms with van der Waals surface area (Å²) in [5.41, 5.74) is 0.983. The number of nitrogens with one attached hydrogen (secondary N) is 1. The Bertz CT molecular complexity index is 509. The van der Waals surface area contributed by atoms with Crippen LogP contribution in [0.25, 0.3) is 0 Å². The van der Waals surface area contributed by atoms with Crippen molar-refractivity contribution in [1.29, 1.82) is 0 Å². The third kappa shape index (κ3) is 3.12. The fourth-order valence-corrected chi connectivity index (χ4v) is 3.24. The van der Waals surface area contributed by atoms with Crippen LogP contribution in [0.15, 0.2) is 29.2 Å². The smallest absolute Gasteiger partial charge is 0.240 e. The van der Waals surface area contributed by atoms with E-state index in [2.05, 4.69) is 20.7 Å². The van der Waals surface area contributed by atoms with E-state index in [1.165, 1.54) is 0 Å². The van der Waals surface area contributed by atoms with Gasteiger partial charge in [0.25, 0.3) is 0 Å². The highest BCUT2D eigenvalue weighted by Gasteiger charge is 2.34. The molecule has 1 aromatic rings. The number of rotatable bonds is 5. The lowest BCUT2D eigenvalue weighted by atomic mass is 9.89. The van der Waals surface area contributed by atoms with Crippen molar-refractivity contribution < 1.29 is 13.2 Å². The maximum Gasteiger partial charge on any atom is 0.240 e. The van der Waals surface area contributed by atoms with Gasteiger partial charge < -0.3 is 4.74 Å². The molecule has 0 aromatic heterocycles. The Hall–Kier alpha value is -0.430. The largest absolute Gasteiger partial charge is 0.380 e. The molecular formula is C12H16BrNO3S. The summed E-state index contributed by atoms with van der Waals surface area (Å²) in [6.07, 6.45) is 0. The van der Waals surface area contributed by atoms with Crippen molar-refractivity contribution in [2.45, 2.75) is 17.1 Å². The fourth-order valence-electron chi connectivity index (χ4n) is 1.66. The van der Waals surface area contributed by atoms with Crippen molar-refractivity contribution in [1.82, 2.24) is 4.72 Å². The van der Waals surface area contributed by atoms with Crippen molar-refractivity contribution in [3.05, 3.63) is 29.8 Å². The van der Waals surface area contributed by atoms with E-state index in [9.17, 15) is 8.42 Å². The molecule has 0 unspecified atom stereocenters. The van der Waals surface area contributed by atoms with Crippen LogP contribution in [0.4, 0.5) is 0 Å². The molecule has 0 amide bonds. The van der Waals surface area contributed by atoms with Gasteiger partial charge in [0.1, 0.15) is 0 Å². The maximum absolute atomic E-state index is 12.1. The Balaban J connectivity index is 2.05. The molecule has 6 heteroatoms. The molecule has 1 aliphatic rings. The first-order chi connectivity index (χ1) is 8.45. The third-order valence-corrected chi connectivity index (χ3v) is 5.04. The molecule has 0 saturated carbocycles. The van der Waals surface area contributed by atoms with E-state index in [-0.39, 0.29) is 5.41 Å². The van der Waals surface area contributed by atoms with Crippen molar-refractivity contribution in [3.8, 4) is 0 Å². The third-order valence-electron chi connectivity index (χ3n) is 2.98. The van der Waals surface area contributed by atoms with Gasteiger partial charge >= 0.3 is 0 Å². The van der Waals surface area contributed by atoms with Crippen LogP contribution in [0.1, 0.15) is 12.5 Å². The van der Waals surface area contributed by atoms with Crippen LogP contribution < -0.4 is 4.72 Å². The summed E-state index contributed by atoms with van der Waals surface area (Å²) in [5.74, 6) is 0. The Labute approximate surface area is 116 Å². The summed E-state index contributed by atoms with van der Waals surface area (Å²) in [4.78, 5) is 0.302. The van der Waals surface area contributed by atoms with E-state index in [0.29, 0.717) is 24.7 Å². The average Bonchev–Trinajstić information content (AvgIpc) is 2.34. The van der Waals surface area contributed by atoms with Crippen molar-refractivity contribution in [2.24, 2.45) is 5.41 Å². The van der Waals surface area contributed by atoms with Crippen LogP contribution in [0.2, 0.25) is 0 Å². The molecule has 18 heavy (non-hydrogen) atoms. The number of ether oxygens (including phenoxy) is 1. The molecule has 2 rings (SSSR count). The number of sulfonamides is 1. The predicted octanol–water partition coefficient (Wildman–Crippen LogP) is 1.90. The van der Waals surface area contributed by atoms with Gasteiger partial charge in [0.15, 0.2) is 0 Å². The molecule has 1 aromatic carbocycles. The molecule has 0 aliphatic carbocycles. The molecule has 1 aliphatic heterocycles. The van der Waals surface area contributed by atoms with Gasteiger partial charge in [-0.05, 0) is 17.7 Å². The Morgan fingerprint density at radius 1 is 1.33 bits per heavy atom. The topological polar surface area (TPSA) is 55.4 Å². The summed E-state index contributed by atoms with van der Waals surface area (Å²) in [6, 6.07) is 6.85. The van der Waals surface area contributed by atoms with Gasteiger partial charge in [-0.15, -0.1) is 0 Å². The number of alkyl halides is 1. The van der Waals surface area contributed by atoms with Gasteiger partial charge in [0, 0.05) is 17.3 Å². The Morgan fingerprint density at radius 2 is 1.94 bits per heavy atom. The van der Waals surface area contributed by atoms with Crippen LogP contribution in [0, 0.1) is 5.41 Å². The van der Waals surface area contributed by atoms with Crippen molar-refractivity contribution in [2.75, 3.05) is 19.8 Å². The molecular weight excluding hydrogens is 318 g/mol. The van der Waals surface area contributed by atoms with Crippen LogP contribution in [0.5, 0.6) is 0 Å². The first kappa shape index (κ1) is 14.0. The van der Waals surface area contributed by atoms with Crippen LogP contribution >= 0.6 is 15.9 Å². The first-order valence-corrected chi connectivity index (χ1v) is 8.28. The quantitative estimate of drug-likeness (QED) is 0.837. The summed E-state index contributed by atoms with van der Waals surface area (Å²) >= 11 is 3.33. The zero-order chi connectivity index (χ0) is 13.2. The summed E-state index contributed by atoms with van der Waals surface area (Å²) in [7, 11) is -3.42. The average molecular weight is 334 g/mol. The van der Waals surface area contributed by atoms with E-state index < -0.39 is 10.0 Å². The van der Waals surface area contributed by atoms with E-state index in [1.54, 1.807) is 24.3 Å². The molecule has 0 radical (unpaired) electrons. The van der Waals surface area contributed by atoms with Gasteiger partial charge in [-0.1, -0.05) is 35.0 Å². The summed E-state index contributed by atoms with van der Waals surface area (Å²) < 4.78 is 31.8. The monoisotopic (exact) mass is 333 g/mol. The summed E-state index contributed by atoms with van der Waals surface area (Å²) in [5, 5.41) is 0.718. The fraction of sp³-hybridized carbons (Fsp3) is 0.500. The number of hydrogen-bond donors (Lipinski definition) is 1. The van der Waals surface area contributed by atoms with Gasteiger partial charge in [-0.25, -0.2) is 13.1 Å². The SMILES string of the molecule is CC1(CNS(=O)(=O)c2ccc(CBr)cc2)COC1. The normalized spacial score (nSPS) is 18.3. The zero-order valence-electron chi connectivity index (χ0n) is 10.1. The van der Waals surface area contributed by atoms with E-state index >= 15 is 0 Å². The van der Waals surface area contributed by atoms with Crippen molar-refractivity contribution >= 4 is 26.0 Å². The second-order valence-electron chi connectivity index (χ2n) is 4.91. The van der Waals surface area contributed by atoms with E-state index in [4.69, 9.17) is 4.74 Å². The zero-order valence-corrected chi connectivity index (χ0v) is 12.6. The van der Waals surface area contributed by atoms with E-state index in [0.717, 1.165) is 10.9 Å². The maximum atomic E-state index is 12.1. The molecule has 1 heterocycles.